The van der Waals surface area contributed by atoms with Gasteiger partial charge in [0, 0.05) is 6.04 Å². The Morgan fingerprint density at radius 3 is 3.08 bits per heavy atom. The molecule has 0 aliphatic carbocycles. The average molecular weight is 200 g/mol. The van der Waals surface area contributed by atoms with E-state index >= 15 is 0 Å². The van der Waals surface area contributed by atoms with Gasteiger partial charge in [-0.2, -0.15) is 0 Å². The maximum absolute atomic E-state index is 10.7. The van der Waals surface area contributed by atoms with Crippen LogP contribution in [0, 0.1) is 0 Å². The third kappa shape index (κ3) is 2.42. The molecule has 5 heteroatoms. The van der Waals surface area contributed by atoms with Gasteiger partial charge in [0.15, 0.2) is 5.69 Å². The number of aromatic nitrogens is 1. The Labute approximate surface area is 80.6 Å². The quantitative estimate of drug-likeness (QED) is 0.780. The van der Waals surface area contributed by atoms with Gasteiger partial charge in [-0.05, 0) is 13.3 Å². The van der Waals surface area contributed by atoms with E-state index in [9.17, 15) is 4.79 Å². The molecule has 0 spiro atoms. The fourth-order valence-corrected chi connectivity index (χ4v) is 1.61. The number of carboxylic acid groups (broad SMARTS) is 1. The highest BCUT2D eigenvalue weighted by Crippen LogP contribution is 2.21. The summed E-state index contributed by atoms with van der Waals surface area (Å²) in [6.45, 7) is 4.05. The standard InChI is InChI=1S/C8H12N2O2S/c1-3-5(2)10-7-6(8(11)12)9-4-13-7/h4-5,10H,3H2,1-2H3,(H,11,12). The summed E-state index contributed by atoms with van der Waals surface area (Å²) in [7, 11) is 0. The molecule has 1 aromatic heterocycles. The first-order valence-corrected chi connectivity index (χ1v) is 4.96. The van der Waals surface area contributed by atoms with E-state index in [0.29, 0.717) is 5.00 Å². The van der Waals surface area contributed by atoms with Crippen LogP contribution in [0.2, 0.25) is 0 Å². The number of nitrogens with one attached hydrogen (secondary N) is 1. The number of carboxylic acids is 1. The Balaban J connectivity index is 2.76. The molecule has 0 fully saturated rings. The number of nitrogens with zero attached hydrogens (tertiary/aromatic N) is 1. The van der Waals surface area contributed by atoms with Crippen LogP contribution in [-0.2, 0) is 0 Å². The van der Waals surface area contributed by atoms with Crippen LogP contribution in [0.3, 0.4) is 0 Å². The highest BCUT2D eigenvalue weighted by atomic mass is 32.1. The monoisotopic (exact) mass is 200 g/mol. The van der Waals surface area contributed by atoms with Crippen molar-refractivity contribution in [1.82, 2.24) is 4.98 Å². The van der Waals surface area contributed by atoms with Crippen LogP contribution in [-0.4, -0.2) is 22.1 Å². The van der Waals surface area contributed by atoms with Crippen molar-refractivity contribution in [2.24, 2.45) is 0 Å². The molecule has 0 saturated heterocycles. The smallest absolute Gasteiger partial charge is 0.357 e. The van der Waals surface area contributed by atoms with E-state index in [1.165, 1.54) is 16.8 Å². The van der Waals surface area contributed by atoms with Crippen molar-refractivity contribution < 1.29 is 9.90 Å². The van der Waals surface area contributed by atoms with Crippen LogP contribution in [0.15, 0.2) is 5.51 Å². The lowest BCUT2D eigenvalue weighted by Gasteiger charge is -2.10. The molecule has 72 valence electrons. The predicted molar refractivity (Wildman–Crippen MR) is 52.4 cm³/mol. The first kappa shape index (κ1) is 9.98. The van der Waals surface area contributed by atoms with Gasteiger partial charge in [-0.15, -0.1) is 11.3 Å². The summed E-state index contributed by atoms with van der Waals surface area (Å²) < 4.78 is 0. The molecule has 0 aromatic carbocycles. The third-order valence-electron chi connectivity index (χ3n) is 1.76. The molecule has 1 aromatic rings. The van der Waals surface area contributed by atoms with Gasteiger partial charge < -0.3 is 10.4 Å². The molecule has 0 amide bonds. The van der Waals surface area contributed by atoms with Crippen LogP contribution in [0.1, 0.15) is 30.8 Å². The lowest BCUT2D eigenvalue weighted by molar-refractivity contribution is 0.0692. The fraction of sp³-hybridized carbons (Fsp3) is 0.500. The third-order valence-corrected chi connectivity index (χ3v) is 2.52. The number of hydrogen-bond donors (Lipinski definition) is 2. The second kappa shape index (κ2) is 4.23. The minimum absolute atomic E-state index is 0.116. The van der Waals surface area contributed by atoms with Gasteiger partial charge >= 0.3 is 5.97 Å². The van der Waals surface area contributed by atoms with Crippen molar-refractivity contribution in [3.05, 3.63) is 11.2 Å². The van der Waals surface area contributed by atoms with Gasteiger partial charge in [0.25, 0.3) is 0 Å². The molecule has 1 atom stereocenters. The number of aromatic carboxylic acids is 1. The van der Waals surface area contributed by atoms with Gasteiger partial charge in [0.05, 0.1) is 5.51 Å². The van der Waals surface area contributed by atoms with Gasteiger partial charge in [0.2, 0.25) is 0 Å². The second-order valence-corrected chi connectivity index (χ2v) is 3.64. The summed E-state index contributed by atoms with van der Waals surface area (Å²) in [6.07, 6.45) is 0.955. The second-order valence-electron chi connectivity index (χ2n) is 2.79. The number of rotatable bonds is 4. The zero-order valence-corrected chi connectivity index (χ0v) is 8.39. The molecule has 1 rings (SSSR count). The summed E-state index contributed by atoms with van der Waals surface area (Å²) in [4.78, 5) is 14.4. The average Bonchev–Trinajstić information content (AvgIpc) is 2.52. The molecule has 0 aliphatic rings. The molecule has 0 aliphatic heterocycles. The van der Waals surface area contributed by atoms with E-state index in [4.69, 9.17) is 5.11 Å². The van der Waals surface area contributed by atoms with Crippen LogP contribution in [0.5, 0.6) is 0 Å². The summed E-state index contributed by atoms with van der Waals surface area (Å²) in [5.41, 5.74) is 1.65. The van der Waals surface area contributed by atoms with E-state index in [1.807, 2.05) is 13.8 Å². The number of hydrogen-bond acceptors (Lipinski definition) is 4. The van der Waals surface area contributed by atoms with E-state index in [1.54, 1.807) is 0 Å². The van der Waals surface area contributed by atoms with Crippen LogP contribution < -0.4 is 5.32 Å². The Morgan fingerprint density at radius 2 is 2.54 bits per heavy atom. The van der Waals surface area contributed by atoms with Crippen LogP contribution in [0.25, 0.3) is 0 Å². The number of carbonyl (C=O) groups is 1. The molecule has 0 bridgehead atoms. The summed E-state index contributed by atoms with van der Waals surface area (Å²) in [5, 5.41) is 12.5. The van der Waals surface area contributed by atoms with Crippen molar-refractivity contribution >= 4 is 22.3 Å². The van der Waals surface area contributed by atoms with Gasteiger partial charge in [-0.3, -0.25) is 0 Å². The van der Waals surface area contributed by atoms with E-state index in [2.05, 4.69) is 10.3 Å². The zero-order chi connectivity index (χ0) is 9.84. The fourth-order valence-electron chi connectivity index (χ4n) is 0.827. The number of thiazole rings is 1. The van der Waals surface area contributed by atoms with Crippen molar-refractivity contribution in [3.8, 4) is 0 Å². The maximum atomic E-state index is 10.7. The Kier molecular flexibility index (Phi) is 3.25. The zero-order valence-electron chi connectivity index (χ0n) is 7.57. The van der Waals surface area contributed by atoms with Crippen LogP contribution in [0.4, 0.5) is 5.00 Å². The largest absolute Gasteiger partial charge is 0.476 e. The first-order valence-electron chi connectivity index (χ1n) is 4.08. The Hall–Kier alpha value is -1.10. The highest BCUT2D eigenvalue weighted by Gasteiger charge is 2.14. The van der Waals surface area contributed by atoms with Crippen molar-refractivity contribution in [2.75, 3.05) is 5.32 Å². The molecule has 2 N–H and O–H groups in total. The summed E-state index contributed by atoms with van der Waals surface area (Å²) in [5.74, 6) is -0.980. The van der Waals surface area contributed by atoms with Crippen molar-refractivity contribution in [3.63, 3.8) is 0 Å². The van der Waals surface area contributed by atoms with E-state index < -0.39 is 5.97 Å². The molecular weight excluding hydrogens is 188 g/mol. The Morgan fingerprint density at radius 1 is 1.85 bits per heavy atom. The predicted octanol–water partition coefficient (Wildman–Crippen LogP) is 2.05. The van der Waals surface area contributed by atoms with Crippen molar-refractivity contribution in [1.29, 1.82) is 0 Å². The summed E-state index contributed by atoms with van der Waals surface area (Å²) in [6, 6.07) is 0.276. The lowest BCUT2D eigenvalue weighted by atomic mass is 10.2. The normalized spacial score (nSPS) is 12.5. The van der Waals surface area contributed by atoms with Crippen molar-refractivity contribution in [2.45, 2.75) is 26.3 Å². The molecule has 1 heterocycles. The number of anilines is 1. The molecule has 1 unspecified atom stereocenters. The lowest BCUT2D eigenvalue weighted by Crippen LogP contribution is -2.14. The molecule has 0 radical (unpaired) electrons. The highest BCUT2D eigenvalue weighted by molar-refractivity contribution is 7.14. The molecule has 13 heavy (non-hydrogen) atoms. The molecule has 4 nitrogen and oxygen atoms in total. The van der Waals surface area contributed by atoms with Gasteiger partial charge in [0.1, 0.15) is 5.00 Å². The maximum Gasteiger partial charge on any atom is 0.357 e. The van der Waals surface area contributed by atoms with Gasteiger partial charge in [-0.1, -0.05) is 6.92 Å². The van der Waals surface area contributed by atoms with Gasteiger partial charge in [-0.25, -0.2) is 9.78 Å². The first-order chi connectivity index (χ1) is 6.15. The Bertz CT molecular complexity index is 298. The summed E-state index contributed by atoms with van der Waals surface area (Å²) >= 11 is 1.32. The van der Waals surface area contributed by atoms with Crippen LogP contribution >= 0.6 is 11.3 Å². The van der Waals surface area contributed by atoms with E-state index in [-0.39, 0.29) is 11.7 Å². The van der Waals surface area contributed by atoms with E-state index in [0.717, 1.165) is 6.42 Å². The minimum Gasteiger partial charge on any atom is -0.476 e. The minimum atomic E-state index is -0.980. The molecule has 0 saturated carbocycles. The SMILES string of the molecule is CCC(C)Nc1scnc1C(=O)O. The topological polar surface area (TPSA) is 62.2 Å². The molecular formula is C8H12N2O2S.